The van der Waals surface area contributed by atoms with Gasteiger partial charge in [-0.2, -0.15) is 0 Å². The van der Waals surface area contributed by atoms with Gasteiger partial charge in [0.15, 0.2) is 0 Å². The number of carbonyl (C=O) groups excluding carboxylic acids is 1. The van der Waals surface area contributed by atoms with Crippen molar-refractivity contribution in [2.45, 2.75) is 65.0 Å². The molecule has 5 nitrogen and oxygen atoms in total. The van der Waals surface area contributed by atoms with E-state index in [4.69, 9.17) is 4.74 Å². The molecule has 1 saturated carbocycles. The Bertz CT molecular complexity index is 297. The molecular formula is C16H32N2O3. The number of ether oxygens (including phenoxy) is 1. The monoisotopic (exact) mass is 300 g/mol. The van der Waals surface area contributed by atoms with E-state index >= 15 is 0 Å². The molecule has 124 valence electrons. The summed E-state index contributed by atoms with van der Waals surface area (Å²) in [5, 5.41) is 15.5. The van der Waals surface area contributed by atoms with Gasteiger partial charge < -0.3 is 20.5 Å². The van der Waals surface area contributed by atoms with Crippen LogP contribution in [0, 0.1) is 11.8 Å². The third-order valence-electron chi connectivity index (χ3n) is 3.96. The second-order valence-electron chi connectivity index (χ2n) is 6.58. The van der Waals surface area contributed by atoms with Crippen molar-refractivity contribution in [2.75, 3.05) is 19.8 Å². The molecule has 2 amide bonds. The summed E-state index contributed by atoms with van der Waals surface area (Å²) in [6, 6.07) is 0.0951. The lowest BCUT2D eigenvalue weighted by atomic mass is 9.84. The van der Waals surface area contributed by atoms with E-state index in [9.17, 15) is 9.90 Å². The van der Waals surface area contributed by atoms with Gasteiger partial charge >= 0.3 is 6.03 Å². The molecule has 1 rings (SSSR count). The van der Waals surface area contributed by atoms with Crippen molar-refractivity contribution in [3.8, 4) is 0 Å². The fourth-order valence-corrected chi connectivity index (χ4v) is 2.74. The highest BCUT2D eigenvalue weighted by Gasteiger charge is 2.22. The number of urea groups is 1. The van der Waals surface area contributed by atoms with E-state index in [1.165, 1.54) is 19.3 Å². The second kappa shape index (κ2) is 10.0. The zero-order valence-corrected chi connectivity index (χ0v) is 13.7. The van der Waals surface area contributed by atoms with Crippen LogP contribution in [0.1, 0.15) is 52.9 Å². The van der Waals surface area contributed by atoms with E-state index in [1.54, 1.807) is 0 Å². The topological polar surface area (TPSA) is 70.6 Å². The highest BCUT2D eigenvalue weighted by atomic mass is 16.5. The molecule has 0 spiro atoms. The van der Waals surface area contributed by atoms with Gasteiger partial charge in [0.1, 0.15) is 0 Å². The Labute approximate surface area is 128 Å². The molecule has 0 radical (unpaired) electrons. The van der Waals surface area contributed by atoms with Crippen LogP contribution < -0.4 is 10.6 Å². The van der Waals surface area contributed by atoms with E-state index in [1.807, 2.05) is 0 Å². The number of aliphatic hydroxyl groups is 1. The predicted octanol–water partition coefficient (Wildman–Crippen LogP) is 2.29. The van der Waals surface area contributed by atoms with Gasteiger partial charge in [-0.15, -0.1) is 0 Å². The summed E-state index contributed by atoms with van der Waals surface area (Å²) in [6.07, 6.45) is 5.14. The zero-order chi connectivity index (χ0) is 15.7. The van der Waals surface area contributed by atoms with Gasteiger partial charge in [0, 0.05) is 19.2 Å². The van der Waals surface area contributed by atoms with Crippen LogP contribution in [0.25, 0.3) is 0 Å². The van der Waals surface area contributed by atoms with Crippen molar-refractivity contribution in [3.05, 3.63) is 0 Å². The number of rotatable bonds is 8. The Morgan fingerprint density at radius 1 is 1.33 bits per heavy atom. The van der Waals surface area contributed by atoms with Crippen molar-refractivity contribution in [1.82, 2.24) is 10.6 Å². The standard InChI is InChI=1S/C16H32N2O3/c1-4-13-6-5-7-14(8-13)18-16(20)17-9-15(19)11-21-10-12(2)3/h12-15,19H,4-11H2,1-3H3,(H2,17,18,20). The number of carbonyl (C=O) groups is 1. The average molecular weight is 300 g/mol. The molecule has 3 N–H and O–H groups in total. The lowest BCUT2D eigenvalue weighted by Gasteiger charge is -2.29. The van der Waals surface area contributed by atoms with Crippen molar-refractivity contribution in [3.63, 3.8) is 0 Å². The van der Waals surface area contributed by atoms with Crippen LogP contribution in [0.5, 0.6) is 0 Å². The van der Waals surface area contributed by atoms with Gasteiger partial charge in [-0.25, -0.2) is 4.79 Å². The van der Waals surface area contributed by atoms with Gasteiger partial charge in [-0.3, -0.25) is 0 Å². The third kappa shape index (κ3) is 8.27. The molecule has 5 heteroatoms. The lowest BCUT2D eigenvalue weighted by Crippen LogP contribution is -2.46. The van der Waals surface area contributed by atoms with E-state index < -0.39 is 6.10 Å². The van der Waals surface area contributed by atoms with E-state index in [0.717, 1.165) is 18.8 Å². The Hall–Kier alpha value is -0.810. The molecule has 3 atom stereocenters. The summed E-state index contributed by atoms with van der Waals surface area (Å²) in [5.41, 5.74) is 0. The fourth-order valence-electron chi connectivity index (χ4n) is 2.74. The van der Waals surface area contributed by atoms with E-state index in [-0.39, 0.29) is 25.2 Å². The van der Waals surface area contributed by atoms with Gasteiger partial charge in [-0.05, 0) is 24.7 Å². The summed E-state index contributed by atoms with van der Waals surface area (Å²) in [5.74, 6) is 1.19. The van der Waals surface area contributed by atoms with Crippen LogP contribution in [-0.2, 0) is 4.74 Å². The number of nitrogens with one attached hydrogen (secondary N) is 2. The molecule has 0 bridgehead atoms. The minimum absolute atomic E-state index is 0.181. The first-order valence-corrected chi connectivity index (χ1v) is 8.31. The van der Waals surface area contributed by atoms with E-state index in [2.05, 4.69) is 31.4 Å². The summed E-state index contributed by atoms with van der Waals surface area (Å²) in [6.45, 7) is 7.45. The number of hydrogen-bond acceptors (Lipinski definition) is 3. The van der Waals surface area contributed by atoms with Gasteiger partial charge in [0.25, 0.3) is 0 Å². The maximum absolute atomic E-state index is 11.8. The van der Waals surface area contributed by atoms with Crippen molar-refractivity contribution in [2.24, 2.45) is 11.8 Å². The van der Waals surface area contributed by atoms with Crippen LogP contribution in [0.2, 0.25) is 0 Å². The molecule has 0 aromatic carbocycles. The maximum atomic E-state index is 11.8. The molecule has 1 aliphatic rings. The maximum Gasteiger partial charge on any atom is 0.315 e. The molecule has 0 saturated heterocycles. The van der Waals surface area contributed by atoms with Gasteiger partial charge in [0.05, 0.1) is 12.7 Å². The average Bonchev–Trinajstić information content (AvgIpc) is 2.45. The fraction of sp³-hybridized carbons (Fsp3) is 0.938. The number of aliphatic hydroxyl groups excluding tert-OH is 1. The summed E-state index contributed by atoms with van der Waals surface area (Å²) in [7, 11) is 0. The molecule has 1 aliphatic carbocycles. The molecule has 21 heavy (non-hydrogen) atoms. The first-order chi connectivity index (χ1) is 10.0. The molecule has 1 fully saturated rings. The largest absolute Gasteiger partial charge is 0.389 e. The predicted molar refractivity (Wildman–Crippen MR) is 84.2 cm³/mol. The van der Waals surface area contributed by atoms with Gasteiger partial charge in [-0.1, -0.05) is 40.0 Å². The molecule has 0 heterocycles. The van der Waals surface area contributed by atoms with Crippen LogP contribution in [0.15, 0.2) is 0 Å². The SMILES string of the molecule is CCC1CCCC(NC(=O)NCC(O)COCC(C)C)C1. The van der Waals surface area contributed by atoms with E-state index in [0.29, 0.717) is 12.5 Å². The molecule has 0 aromatic heterocycles. The summed E-state index contributed by atoms with van der Waals surface area (Å²) < 4.78 is 5.35. The van der Waals surface area contributed by atoms with Crippen LogP contribution in [-0.4, -0.2) is 43.0 Å². The highest BCUT2D eigenvalue weighted by Crippen LogP contribution is 2.26. The van der Waals surface area contributed by atoms with Crippen molar-refractivity contribution in [1.29, 1.82) is 0 Å². The molecule has 0 aromatic rings. The Morgan fingerprint density at radius 2 is 2.10 bits per heavy atom. The Balaban J connectivity index is 2.12. The molecule has 0 aliphatic heterocycles. The molecular weight excluding hydrogens is 268 g/mol. The number of amides is 2. The summed E-state index contributed by atoms with van der Waals surface area (Å²) >= 11 is 0. The van der Waals surface area contributed by atoms with Crippen LogP contribution >= 0.6 is 0 Å². The van der Waals surface area contributed by atoms with Crippen molar-refractivity contribution >= 4 is 6.03 Å². The van der Waals surface area contributed by atoms with Crippen LogP contribution in [0.3, 0.4) is 0 Å². The summed E-state index contributed by atoms with van der Waals surface area (Å²) in [4.78, 5) is 11.8. The minimum atomic E-state index is -0.649. The quantitative estimate of drug-likeness (QED) is 0.644. The Morgan fingerprint density at radius 3 is 2.76 bits per heavy atom. The molecule has 3 unspecified atom stereocenters. The minimum Gasteiger partial charge on any atom is -0.389 e. The lowest BCUT2D eigenvalue weighted by molar-refractivity contribution is 0.0272. The smallest absolute Gasteiger partial charge is 0.315 e. The second-order valence-corrected chi connectivity index (χ2v) is 6.58. The number of hydrogen-bond donors (Lipinski definition) is 3. The first-order valence-electron chi connectivity index (χ1n) is 8.31. The Kier molecular flexibility index (Phi) is 8.69. The zero-order valence-electron chi connectivity index (χ0n) is 13.7. The first kappa shape index (κ1) is 18.2. The highest BCUT2D eigenvalue weighted by molar-refractivity contribution is 5.74. The van der Waals surface area contributed by atoms with Gasteiger partial charge in [0.2, 0.25) is 0 Å². The normalized spacial score (nSPS) is 23.9. The third-order valence-corrected chi connectivity index (χ3v) is 3.96. The van der Waals surface area contributed by atoms with Crippen LogP contribution in [0.4, 0.5) is 4.79 Å². The van der Waals surface area contributed by atoms with Crippen molar-refractivity contribution < 1.29 is 14.6 Å².